The van der Waals surface area contributed by atoms with Crippen molar-refractivity contribution in [2.45, 2.75) is 19.8 Å². The highest BCUT2D eigenvalue weighted by Crippen LogP contribution is 2.16. The molecule has 13 heavy (non-hydrogen) atoms. The van der Waals surface area contributed by atoms with E-state index in [2.05, 4.69) is 0 Å². The van der Waals surface area contributed by atoms with Crippen molar-refractivity contribution >= 4 is 24.1 Å². The summed E-state index contributed by atoms with van der Waals surface area (Å²) in [6, 6.07) is 0. The van der Waals surface area contributed by atoms with Gasteiger partial charge in [-0.25, -0.2) is 0 Å². The lowest BCUT2D eigenvalue weighted by Crippen LogP contribution is -2.40. The summed E-state index contributed by atoms with van der Waals surface area (Å²) in [4.78, 5) is 12.7. The molecule has 1 heterocycles. The van der Waals surface area contributed by atoms with E-state index in [1.54, 1.807) is 11.8 Å². The number of likely N-dealkylation sites (tertiary alicyclic amines) is 1. The van der Waals surface area contributed by atoms with Crippen LogP contribution in [-0.4, -0.2) is 29.7 Å². The van der Waals surface area contributed by atoms with Crippen molar-refractivity contribution in [1.29, 1.82) is 5.41 Å². The van der Waals surface area contributed by atoms with Crippen LogP contribution in [0.15, 0.2) is 0 Å². The molecule has 3 N–H and O–H groups in total. The third-order valence-corrected chi connectivity index (χ3v) is 2.38. The van der Waals surface area contributed by atoms with Crippen LogP contribution in [0, 0.1) is 11.3 Å². The fraction of sp³-hybridized carbons (Fsp3) is 0.750. The van der Waals surface area contributed by atoms with Crippen molar-refractivity contribution in [3.8, 4) is 0 Å². The number of hydrogen-bond acceptors (Lipinski definition) is 2. The normalized spacial score (nSPS) is 17.8. The number of nitrogens with zero attached hydrogens (tertiary/aromatic N) is 1. The number of hydrogen-bond donors (Lipinski definition) is 2. The Balaban J connectivity index is 0.00000144. The van der Waals surface area contributed by atoms with Crippen LogP contribution in [0.2, 0.25) is 0 Å². The van der Waals surface area contributed by atoms with E-state index in [-0.39, 0.29) is 30.1 Å². The lowest BCUT2D eigenvalue weighted by atomic mass is 9.96. The maximum Gasteiger partial charge on any atom is 0.219 e. The smallest absolute Gasteiger partial charge is 0.219 e. The van der Waals surface area contributed by atoms with Gasteiger partial charge in [-0.2, -0.15) is 0 Å². The molecule has 0 unspecified atom stereocenters. The first kappa shape index (κ1) is 12.2. The Morgan fingerprint density at radius 3 is 2.23 bits per heavy atom. The molecule has 1 rings (SSSR count). The zero-order chi connectivity index (χ0) is 9.14. The quantitative estimate of drug-likeness (QED) is 0.486. The Bertz CT molecular complexity index is 178. The van der Waals surface area contributed by atoms with Crippen LogP contribution in [0.5, 0.6) is 0 Å². The molecular weight excluding hydrogens is 190 g/mol. The molecule has 0 aromatic rings. The van der Waals surface area contributed by atoms with Gasteiger partial charge in [-0.05, 0) is 12.8 Å². The highest BCUT2D eigenvalue weighted by atomic mass is 35.5. The Kier molecular flexibility index (Phi) is 4.77. The Labute approximate surface area is 84.4 Å². The molecule has 76 valence electrons. The van der Waals surface area contributed by atoms with Crippen LogP contribution < -0.4 is 5.73 Å². The largest absolute Gasteiger partial charge is 0.387 e. The molecule has 1 aliphatic rings. The molecule has 0 radical (unpaired) electrons. The van der Waals surface area contributed by atoms with Crippen molar-refractivity contribution in [3.05, 3.63) is 0 Å². The summed E-state index contributed by atoms with van der Waals surface area (Å²) in [6.07, 6.45) is 1.68. The first-order chi connectivity index (χ1) is 5.61. The molecule has 1 aliphatic heterocycles. The summed E-state index contributed by atoms with van der Waals surface area (Å²) >= 11 is 0. The molecule has 0 aromatic carbocycles. The topological polar surface area (TPSA) is 70.2 Å². The molecule has 1 amide bonds. The van der Waals surface area contributed by atoms with Crippen molar-refractivity contribution in [2.75, 3.05) is 13.1 Å². The van der Waals surface area contributed by atoms with Gasteiger partial charge in [0.25, 0.3) is 0 Å². The van der Waals surface area contributed by atoms with Crippen molar-refractivity contribution < 1.29 is 4.79 Å². The van der Waals surface area contributed by atoms with Gasteiger partial charge in [0.15, 0.2) is 0 Å². The summed E-state index contributed by atoms with van der Waals surface area (Å²) in [7, 11) is 0. The number of nitrogens with two attached hydrogens (primary N) is 1. The van der Waals surface area contributed by atoms with Crippen molar-refractivity contribution in [3.63, 3.8) is 0 Å². The van der Waals surface area contributed by atoms with Crippen LogP contribution in [0.25, 0.3) is 0 Å². The summed E-state index contributed by atoms with van der Waals surface area (Å²) in [5.41, 5.74) is 5.37. The Morgan fingerprint density at radius 2 is 1.92 bits per heavy atom. The predicted octanol–water partition coefficient (Wildman–Crippen LogP) is 0.603. The zero-order valence-corrected chi connectivity index (χ0v) is 8.56. The third-order valence-electron chi connectivity index (χ3n) is 2.38. The number of carbonyl (C=O) groups is 1. The lowest BCUT2D eigenvalue weighted by molar-refractivity contribution is -0.129. The highest BCUT2D eigenvalue weighted by Gasteiger charge is 2.21. The van der Waals surface area contributed by atoms with E-state index in [0.29, 0.717) is 0 Å². The van der Waals surface area contributed by atoms with Crippen molar-refractivity contribution in [1.82, 2.24) is 4.90 Å². The van der Waals surface area contributed by atoms with E-state index in [9.17, 15) is 4.79 Å². The molecule has 1 fully saturated rings. The van der Waals surface area contributed by atoms with Crippen LogP contribution in [0.4, 0.5) is 0 Å². The monoisotopic (exact) mass is 205 g/mol. The minimum Gasteiger partial charge on any atom is -0.387 e. The van der Waals surface area contributed by atoms with Crippen LogP contribution >= 0.6 is 12.4 Å². The summed E-state index contributed by atoms with van der Waals surface area (Å²) in [5.74, 6) is 0.579. The molecule has 5 heteroatoms. The van der Waals surface area contributed by atoms with Gasteiger partial charge in [0.2, 0.25) is 5.91 Å². The van der Waals surface area contributed by atoms with Crippen LogP contribution in [0.1, 0.15) is 19.8 Å². The van der Waals surface area contributed by atoms with E-state index in [1.165, 1.54) is 0 Å². The second-order valence-electron chi connectivity index (χ2n) is 3.24. The van der Waals surface area contributed by atoms with E-state index in [1.807, 2.05) is 0 Å². The Hall–Kier alpha value is -0.770. The maximum atomic E-state index is 10.9. The van der Waals surface area contributed by atoms with Crippen LogP contribution in [-0.2, 0) is 4.79 Å². The first-order valence-corrected chi connectivity index (χ1v) is 4.20. The molecule has 0 spiro atoms. The van der Waals surface area contributed by atoms with Gasteiger partial charge in [0.05, 0.1) is 5.84 Å². The standard InChI is InChI=1S/C8H15N3O.ClH/c1-6(12)11-4-2-7(3-5-11)8(9)10;/h7H,2-5H2,1H3,(H3,9,10);1H. The Morgan fingerprint density at radius 1 is 1.46 bits per heavy atom. The molecule has 0 bridgehead atoms. The zero-order valence-electron chi connectivity index (χ0n) is 7.75. The van der Waals surface area contributed by atoms with Gasteiger partial charge < -0.3 is 10.6 Å². The maximum absolute atomic E-state index is 10.9. The van der Waals surface area contributed by atoms with Gasteiger partial charge in [-0.15, -0.1) is 12.4 Å². The van der Waals surface area contributed by atoms with Gasteiger partial charge >= 0.3 is 0 Å². The molecule has 0 aliphatic carbocycles. The van der Waals surface area contributed by atoms with Gasteiger partial charge in [-0.3, -0.25) is 10.2 Å². The molecular formula is C8H16ClN3O. The van der Waals surface area contributed by atoms with E-state index in [0.717, 1.165) is 25.9 Å². The van der Waals surface area contributed by atoms with Crippen LogP contribution in [0.3, 0.4) is 0 Å². The number of piperidine rings is 1. The minimum absolute atomic E-state index is 0. The SMILES string of the molecule is CC(=O)N1CCC(C(=N)N)CC1.Cl. The summed E-state index contributed by atoms with van der Waals surface area (Å²) in [5, 5.41) is 7.24. The van der Waals surface area contributed by atoms with Gasteiger partial charge in [-0.1, -0.05) is 0 Å². The number of rotatable bonds is 1. The molecule has 4 nitrogen and oxygen atoms in total. The molecule has 0 aromatic heterocycles. The summed E-state index contributed by atoms with van der Waals surface area (Å²) in [6.45, 7) is 3.08. The fourth-order valence-electron chi connectivity index (χ4n) is 1.51. The van der Waals surface area contributed by atoms with Gasteiger partial charge in [0.1, 0.15) is 0 Å². The number of halogens is 1. The predicted molar refractivity (Wildman–Crippen MR) is 54.1 cm³/mol. The average molecular weight is 206 g/mol. The van der Waals surface area contributed by atoms with E-state index >= 15 is 0 Å². The molecule has 0 atom stereocenters. The number of amidine groups is 1. The highest BCUT2D eigenvalue weighted by molar-refractivity contribution is 5.85. The third kappa shape index (κ3) is 3.22. The van der Waals surface area contributed by atoms with Gasteiger partial charge in [0, 0.05) is 25.9 Å². The minimum atomic E-state index is 0. The average Bonchev–Trinajstić information content (AvgIpc) is 2.04. The first-order valence-electron chi connectivity index (χ1n) is 4.20. The molecule has 1 saturated heterocycles. The number of amides is 1. The lowest BCUT2D eigenvalue weighted by Gasteiger charge is -2.30. The summed E-state index contributed by atoms with van der Waals surface area (Å²) < 4.78 is 0. The van der Waals surface area contributed by atoms with E-state index in [4.69, 9.17) is 11.1 Å². The number of nitrogens with one attached hydrogen (secondary N) is 1. The number of carbonyl (C=O) groups excluding carboxylic acids is 1. The molecule has 0 saturated carbocycles. The second-order valence-corrected chi connectivity index (χ2v) is 3.24. The van der Waals surface area contributed by atoms with E-state index < -0.39 is 0 Å². The van der Waals surface area contributed by atoms with Crippen molar-refractivity contribution in [2.24, 2.45) is 11.7 Å². The second kappa shape index (κ2) is 5.07. The fourth-order valence-corrected chi connectivity index (χ4v) is 1.51.